The third-order valence-corrected chi connectivity index (χ3v) is 5.15. The Bertz CT molecular complexity index is 1170. The molecule has 0 fully saturated rings. The third kappa shape index (κ3) is 4.73. The Morgan fingerprint density at radius 1 is 0.933 bits per heavy atom. The number of para-hydroxylation sites is 1. The Labute approximate surface area is 184 Å². The van der Waals surface area contributed by atoms with E-state index in [1.165, 1.54) is 0 Å². The number of oxazole rings is 1. The highest BCUT2D eigenvalue weighted by atomic mass is 35.5. The molecular formula is C24H18Cl2N2O2. The molecule has 30 heavy (non-hydrogen) atoms. The van der Waals surface area contributed by atoms with Crippen molar-refractivity contribution in [2.45, 2.75) is 12.8 Å². The molecule has 0 radical (unpaired) electrons. The zero-order valence-electron chi connectivity index (χ0n) is 15.9. The number of aromatic nitrogens is 1. The molecule has 0 unspecified atom stereocenters. The van der Waals surface area contributed by atoms with Gasteiger partial charge in [0.25, 0.3) is 0 Å². The molecule has 4 aromatic rings. The van der Waals surface area contributed by atoms with Crippen LogP contribution in [0.5, 0.6) is 0 Å². The van der Waals surface area contributed by atoms with E-state index in [-0.39, 0.29) is 12.3 Å². The molecule has 0 aliphatic rings. The summed E-state index contributed by atoms with van der Waals surface area (Å²) in [4.78, 5) is 16.8. The van der Waals surface area contributed by atoms with Crippen molar-refractivity contribution < 1.29 is 9.21 Å². The predicted molar refractivity (Wildman–Crippen MR) is 121 cm³/mol. The predicted octanol–water partition coefficient (Wildman–Crippen LogP) is 6.89. The first-order valence-corrected chi connectivity index (χ1v) is 10.2. The largest absolute Gasteiger partial charge is 0.441 e. The number of aryl methyl sites for hydroxylation is 1. The Hall–Kier alpha value is -3.08. The van der Waals surface area contributed by atoms with Crippen LogP contribution in [0.3, 0.4) is 0 Å². The molecule has 1 N–H and O–H groups in total. The Morgan fingerprint density at radius 3 is 2.50 bits per heavy atom. The first-order valence-electron chi connectivity index (χ1n) is 9.44. The van der Waals surface area contributed by atoms with Crippen LogP contribution < -0.4 is 5.32 Å². The van der Waals surface area contributed by atoms with Crippen LogP contribution in [0.25, 0.3) is 22.5 Å². The highest BCUT2D eigenvalue weighted by molar-refractivity contribution is 6.36. The second kappa shape index (κ2) is 9.16. The first-order chi connectivity index (χ1) is 14.6. The van der Waals surface area contributed by atoms with E-state index in [2.05, 4.69) is 10.3 Å². The van der Waals surface area contributed by atoms with Crippen LogP contribution in [0.1, 0.15) is 12.3 Å². The zero-order chi connectivity index (χ0) is 20.9. The van der Waals surface area contributed by atoms with Gasteiger partial charge in [-0.25, -0.2) is 4.98 Å². The average molecular weight is 437 g/mol. The number of hydrogen-bond acceptors (Lipinski definition) is 3. The van der Waals surface area contributed by atoms with Gasteiger partial charge in [0.2, 0.25) is 5.91 Å². The van der Waals surface area contributed by atoms with E-state index < -0.39 is 0 Å². The lowest BCUT2D eigenvalue weighted by Gasteiger charge is -2.11. The normalized spacial score (nSPS) is 10.7. The lowest BCUT2D eigenvalue weighted by molar-refractivity contribution is -0.116. The van der Waals surface area contributed by atoms with Gasteiger partial charge in [0.15, 0.2) is 11.7 Å². The van der Waals surface area contributed by atoms with Gasteiger partial charge in [-0.3, -0.25) is 4.79 Å². The van der Waals surface area contributed by atoms with E-state index >= 15 is 0 Å². The van der Waals surface area contributed by atoms with Crippen molar-refractivity contribution in [3.8, 4) is 22.5 Å². The minimum absolute atomic E-state index is 0.109. The smallest absolute Gasteiger partial charge is 0.224 e. The van der Waals surface area contributed by atoms with Crippen LogP contribution >= 0.6 is 23.2 Å². The van der Waals surface area contributed by atoms with Crippen LogP contribution in [-0.4, -0.2) is 10.9 Å². The van der Waals surface area contributed by atoms with Gasteiger partial charge in [-0.2, -0.15) is 0 Å². The van der Waals surface area contributed by atoms with Gasteiger partial charge >= 0.3 is 0 Å². The summed E-state index contributed by atoms with van der Waals surface area (Å²) in [6, 6.07) is 22.8. The van der Waals surface area contributed by atoms with Gasteiger partial charge in [0.1, 0.15) is 0 Å². The minimum atomic E-state index is -0.109. The molecular weight excluding hydrogens is 419 g/mol. The molecule has 1 amide bonds. The van der Waals surface area contributed by atoms with E-state index in [9.17, 15) is 4.79 Å². The molecule has 0 spiro atoms. The molecule has 1 aromatic heterocycles. The van der Waals surface area contributed by atoms with Crippen molar-refractivity contribution in [3.63, 3.8) is 0 Å². The van der Waals surface area contributed by atoms with E-state index in [4.69, 9.17) is 27.6 Å². The van der Waals surface area contributed by atoms with Crippen LogP contribution in [-0.2, 0) is 11.2 Å². The molecule has 0 aliphatic carbocycles. The fourth-order valence-electron chi connectivity index (χ4n) is 3.13. The number of nitrogens with one attached hydrogen (secondary N) is 1. The van der Waals surface area contributed by atoms with Gasteiger partial charge in [-0.15, -0.1) is 0 Å². The number of carbonyl (C=O) groups is 1. The Balaban J connectivity index is 1.41. The molecule has 1 heterocycles. The van der Waals surface area contributed by atoms with Gasteiger partial charge < -0.3 is 9.73 Å². The molecule has 0 atom stereocenters. The molecule has 0 saturated carbocycles. The van der Waals surface area contributed by atoms with Gasteiger partial charge in [-0.05, 0) is 29.8 Å². The summed E-state index contributed by atoms with van der Waals surface area (Å²) in [5.74, 6) is 0.909. The van der Waals surface area contributed by atoms with Crippen molar-refractivity contribution in [2.75, 3.05) is 5.32 Å². The van der Waals surface area contributed by atoms with Crippen molar-refractivity contribution in [1.29, 1.82) is 0 Å². The number of amides is 1. The molecule has 3 aromatic carbocycles. The van der Waals surface area contributed by atoms with Crippen molar-refractivity contribution >= 4 is 34.8 Å². The quantitative estimate of drug-likeness (QED) is 0.358. The van der Waals surface area contributed by atoms with E-state index in [1.54, 1.807) is 24.4 Å². The zero-order valence-corrected chi connectivity index (χ0v) is 17.5. The van der Waals surface area contributed by atoms with Crippen molar-refractivity contribution in [2.24, 2.45) is 0 Å². The minimum Gasteiger partial charge on any atom is -0.441 e. The maximum atomic E-state index is 12.5. The fourth-order valence-corrected chi connectivity index (χ4v) is 3.64. The molecule has 4 nitrogen and oxygen atoms in total. The molecule has 0 saturated heterocycles. The van der Waals surface area contributed by atoms with Gasteiger partial charge in [0.05, 0.1) is 11.2 Å². The summed E-state index contributed by atoms with van der Waals surface area (Å²) in [7, 11) is 0. The summed E-state index contributed by atoms with van der Waals surface area (Å²) >= 11 is 12.2. The molecule has 6 heteroatoms. The van der Waals surface area contributed by atoms with Gasteiger partial charge in [0, 0.05) is 34.7 Å². The second-order valence-corrected chi connectivity index (χ2v) is 7.55. The maximum Gasteiger partial charge on any atom is 0.224 e. The number of benzene rings is 3. The van der Waals surface area contributed by atoms with Crippen molar-refractivity contribution in [1.82, 2.24) is 4.98 Å². The van der Waals surface area contributed by atoms with Crippen LogP contribution in [0.15, 0.2) is 83.4 Å². The third-order valence-electron chi connectivity index (χ3n) is 4.60. The number of rotatable bonds is 6. The molecule has 0 bridgehead atoms. The molecule has 150 valence electrons. The first kappa shape index (κ1) is 20.2. The summed E-state index contributed by atoms with van der Waals surface area (Å²) in [6.45, 7) is 0. The number of hydrogen-bond donors (Lipinski definition) is 1. The Kier molecular flexibility index (Phi) is 6.17. The van der Waals surface area contributed by atoms with Gasteiger partial charge in [-0.1, -0.05) is 71.7 Å². The monoisotopic (exact) mass is 436 g/mol. The van der Waals surface area contributed by atoms with Crippen molar-refractivity contribution in [3.05, 3.63) is 94.9 Å². The Morgan fingerprint density at radius 2 is 1.70 bits per heavy atom. The standard InChI is InChI=1S/C24H18Cl2N2O2/c25-17-10-11-19(20(26)14-17)22-15-27-24(30-22)13-12-23(29)28-21-9-5-4-8-18(21)16-6-2-1-3-7-16/h1-11,14-15H,12-13H2,(H,28,29). The van der Waals surface area contributed by atoms with E-state index in [0.717, 1.165) is 16.8 Å². The van der Waals surface area contributed by atoms with E-state index in [0.29, 0.717) is 33.7 Å². The lowest BCUT2D eigenvalue weighted by atomic mass is 10.0. The molecule has 0 aliphatic heterocycles. The highest BCUT2D eigenvalue weighted by Crippen LogP contribution is 2.31. The molecule has 4 rings (SSSR count). The fraction of sp³-hybridized carbons (Fsp3) is 0.0833. The topological polar surface area (TPSA) is 55.1 Å². The number of carbonyl (C=O) groups excluding carboxylic acids is 1. The lowest BCUT2D eigenvalue weighted by Crippen LogP contribution is -2.13. The highest BCUT2D eigenvalue weighted by Gasteiger charge is 2.13. The second-order valence-electron chi connectivity index (χ2n) is 6.70. The number of nitrogens with zero attached hydrogens (tertiary/aromatic N) is 1. The van der Waals surface area contributed by atoms with Crippen LogP contribution in [0.2, 0.25) is 10.0 Å². The maximum absolute atomic E-state index is 12.5. The summed E-state index contributed by atoms with van der Waals surface area (Å²) in [5, 5.41) is 4.03. The number of anilines is 1. The number of halogens is 2. The van der Waals surface area contributed by atoms with Crippen LogP contribution in [0, 0.1) is 0 Å². The van der Waals surface area contributed by atoms with E-state index in [1.807, 2.05) is 54.6 Å². The average Bonchev–Trinajstić information content (AvgIpc) is 3.22. The summed E-state index contributed by atoms with van der Waals surface area (Å²) < 4.78 is 5.77. The summed E-state index contributed by atoms with van der Waals surface area (Å²) in [6.07, 6.45) is 2.23. The SMILES string of the molecule is O=C(CCc1ncc(-c2ccc(Cl)cc2Cl)o1)Nc1ccccc1-c1ccccc1. The summed E-state index contributed by atoms with van der Waals surface area (Å²) in [5.41, 5.74) is 3.50. The van der Waals surface area contributed by atoms with Crippen LogP contribution in [0.4, 0.5) is 5.69 Å².